The van der Waals surface area contributed by atoms with E-state index in [2.05, 4.69) is 46.8 Å². The summed E-state index contributed by atoms with van der Waals surface area (Å²) in [5.41, 5.74) is 6.86. The molecule has 5 aromatic rings. The van der Waals surface area contributed by atoms with Gasteiger partial charge in [0.15, 0.2) is 0 Å². The molecule has 80 heavy (non-hydrogen) atoms. The van der Waals surface area contributed by atoms with Crippen LogP contribution in [0, 0.1) is 18.8 Å². The van der Waals surface area contributed by atoms with Crippen LogP contribution in [0.25, 0.3) is 10.4 Å². The van der Waals surface area contributed by atoms with Crippen molar-refractivity contribution in [1.29, 1.82) is 0 Å². The van der Waals surface area contributed by atoms with Gasteiger partial charge in [0.1, 0.15) is 42.6 Å². The highest BCUT2D eigenvalue weighted by Crippen LogP contribution is 2.34. The summed E-state index contributed by atoms with van der Waals surface area (Å²) in [6, 6.07) is 19.7. The van der Waals surface area contributed by atoms with E-state index >= 15 is 0 Å². The first-order valence-electron chi connectivity index (χ1n) is 27.9. The number of hydrogen-bond acceptors (Lipinski definition) is 16. The summed E-state index contributed by atoms with van der Waals surface area (Å²) in [4.78, 5) is 73.6. The van der Waals surface area contributed by atoms with Crippen LogP contribution in [0.5, 0.6) is 11.5 Å². The van der Waals surface area contributed by atoms with Gasteiger partial charge in [-0.25, -0.2) is 9.97 Å². The number of aromatic nitrogens is 3. The van der Waals surface area contributed by atoms with E-state index in [4.69, 9.17) is 28.4 Å². The molecule has 1 aliphatic carbocycles. The van der Waals surface area contributed by atoms with Crippen LogP contribution in [0.1, 0.15) is 86.0 Å². The number of carbonyl (C=O) groups excluding carboxylic acids is 4. The summed E-state index contributed by atoms with van der Waals surface area (Å²) in [7, 11) is 1.88. The largest absolute Gasteiger partial charge is 0.491 e. The number of fused-ring (bicyclic) bond motifs is 1. The molecule has 1 saturated heterocycles. The third kappa shape index (κ3) is 16.7. The van der Waals surface area contributed by atoms with Gasteiger partial charge in [-0.2, -0.15) is 4.98 Å². The van der Waals surface area contributed by atoms with Crippen LogP contribution < -0.4 is 25.4 Å². The second-order valence-corrected chi connectivity index (χ2v) is 22.2. The number of likely N-dealkylation sites (tertiary alicyclic amines) is 1. The number of aryl methyl sites for hydroxylation is 1. The molecule has 1 unspecified atom stereocenters. The molecule has 2 aliphatic heterocycles. The molecular weight excluding hydrogens is 1110 g/mol. The Hall–Kier alpha value is -6.23. The number of benzene rings is 3. The van der Waals surface area contributed by atoms with E-state index in [1.165, 1.54) is 0 Å². The molecule has 8 rings (SSSR count). The lowest BCUT2D eigenvalue weighted by atomic mass is 9.84. The molecule has 21 heteroatoms. The van der Waals surface area contributed by atoms with Crippen molar-refractivity contribution in [2.45, 2.75) is 90.9 Å². The normalized spacial score (nSPS) is 15.4. The smallest absolute Gasteiger partial charge is 0.255 e. The monoisotopic (exact) mass is 1180 g/mol. The quantitative estimate of drug-likeness (QED) is 0.0336. The van der Waals surface area contributed by atoms with E-state index in [9.17, 15) is 19.2 Å². The van der Waals surface area contributed by atoms with Gasteiger partial charge in [0.2, 0.25) is 23.7 Å². The SMILES string of the molecule is Cc1ncsc1-c1ccc(CNC(=O)[C@@H]2CCCN2C(=O)C(C(C)C)N2Cc3ccccc3C2=O)c(OCCOCCOCCCOCCOCCOc2ccc(Nc3ncc(Br)c(NCCCN(C)C(=O)C4CCC4)n3)cc2)c1. The van der Waals surface area contributed by atoms with Crippen molar-refractivity contribution in [3.63, 3.8) is 0 Å². The maximum absolute atomic E-state index is 14.2. The van der Waals surface area contributed by atoms with E-state index in [1.54, 1.807) is 33.4 Å². The number of anilines is 3. The number of halogens is 1. The van der Waals surface area contributed by atoms with Gasteiger partial charge in [-0.15, -0.1) is 11.3 Å². The number of nitrogens with zero attached hydrogens (tertiary/aromatic N) is 6. The summed E-state index contributed by atoms with van der Waals surface area (Å²) in [5, 5.41) is 9.67. The highest BCUT2D eigenvalue weighted by molar-refractivity contribution is 9.10. The fourth-order valence-electron chi connectivity index (χ4n) is 9.86. The van der Waals surface area contributed by atoms with Gasteiger partial charge >= 0.3 is 0 Å². The van der Waals surface area contributed by atoms with Crippen LogP contribution in [0.15, 0.2) is 82.9 Å². The molecule has 3 aliphatic rings. The van der Waals surface area contributed by atoms with Gasteiger partial charge in [-0.3, -0.25) is 19.2 Å². The van der Waals surface area contributed by atoms with Crippen LogP contribution in [0.2, 0.25) is 0 Å². The second-order valence-electron chi connectivity index (χ2n) is 20.5. The van der Waals surface area contributed by atoms with E-state index < -0.39 is 12.1 Å². The van der Waals surface area contributed by atoms with Crippen molar-refractivity contribution in [2.75, 3.05) is 103 Å². The number of rotatable bonds is 33. The number of carbonyl (C=O) groups is 4. The van der Waals surface area contributed by atoms with Gasteiger partial charge < -0.3 is 59.1 Å². The first-order valence-corrected chi connectivity index (χ1v) is 29.6. The second kappa shape index (κ2) is 30.5. The molecule has 2 aromatic heterocycles. The fraction of sp³-hybridized carbons (Fsp3) is 0.508. The molecule has 2 atom stereocenters. The average Bonchev–Trinajstić information content (AvgIpc) is 4.20. The summed E-state index contributed by atoms with van der Waals surface area (Å²) < 4.78 is 35.9. The van der Waals surface area contributed by atoms with Gasteiger partial charge in [-0.05, 0) is 115 Å². The Balaban J connectivity index is 0.658. The van der Waals surface area contributed by atoms with E-state index in [0.717, 1.165) is 75.3 Å². The molecular formula is C59H76BrN9O10S. The molecule has 0 radical (unpaired) electrons. The number of nitrogens with one attached hydrogen (secondary N) is 3. The maximum atomic E-state index is 14.2. The lowest BCUT2D eigenvalue weighted by Crippen LogP contribution is -2.55. The van der Waals surface area contributed by atoms with E-state index in [0.29, 0.717) is 122 Å². The minimum absolute atomic E-state index is 0.140. The Morgan fingerprint density at radius 2 is 1.55 bits per heavy atom. The zero-order valence-corrected chi connectivity index (χ0v) is 48.8. The number of hydrogen-bond donors (Lipinski definition) is 3. The van der Waals surface area contributed by atoms with Crippen molar-refractivity contribution in [2.24, 2.45) is 11.8 Å². The fourth-order valence-corrected chi connectivity index (χ4v) is 11.0. The zero-order chi connectivity index (χ0) is 56.2. The topological polar surface area (TPSA) is 208 Å². The molecule has 3 aromatic carbocycles. The predicted molar refractivity (Wildman–Crippen MR) is 310 cm³/mol. The molecule has 1 saturated carbocycles. The van der Waals surface area contributed by atoms with Crippen LogP contribution in [0.4, 0.5) is 17.5 Å². The van der Waals surface area contributed by atoms with Crippen molar-refractivity contribution in [3.8, 4) is 21.9 Å². The Morgan fingerprint density at radius 3 is 2.24 bits per heavy atom. The predicted octanol–water partition coefficient (Wildman–Crippen LogP) is 8.68. The molecule has 430 valence electrons. The molecule has 4 heterocycles. The summed E-state index contributed by atoms with van der Waals surface area (Å²) in [6.45, 7) is 12.6. The average molecular weight is 1180 g/mol. The van der Waals surface area contributed by atoms with Crippen LogP contribution in [0.3, 0.4) is 0 Å². The summed E-state index contributed by atoms with van der Waals surface area (Å²) in [5.74, 6) is 2.23. The highest BCUT2D eigenvalue weighted by atomic mass is 79.9. The van der Waals surface area contributed by atoms with Crippen LogP contribution in [-0.2, 0) is 46.4 Å². The maximum Gasteiger partial charge on any atom is 0.255 e. The Morgan fingerprint density at radius 1 is 0.838 bits per heavy atom. The lowest BCUT2D eigenvalue weighted by Gasteiger charge is -2.35. The van der Waals surface area contributed by atoms with E-state index in [1.807, 2.05) is 98.9 Å². The summed E-state index contributed by atoms with van der Waals surface area (Å²) >= 11 is 5.08. The third-order valence-corrected chi connectivity index (χ3v) is 15.9. The molecule has 0 spiro atoms. The Labute approximate surface area is 481 Å². The number of thiazole rings is 1. The van der Waals surface area contributed by atoms with Crippen LogP contribution >= 0.6 is 27.3 Å². The van der Waals surface area contributed by atoms with Crippen LogP contribution in [-0.4, -0.2) is 158 Å². The highest BCUT2D eigenvalue weighted by Gasteiger charge is 2.44. The molecule has 3 N–H and O–H groups in total. The first-order chi connectivity index (χ1) is 38.9. The summed E-state index contributed by atoms with van der Waals surface area (Å²) in [6.07, 6.45) is 7.68. The minimum Gasteiger partial charge on any atom is -0.491 e. The first kappa shape index (κ1) is 59.9. The molecule has 19 nitrogen and oxygen atoms in total. The van der Waals surface area contributed by atoms with Gasteiger partial charge in [0.05, 0.1) is 60.2 Å². The van der Waals surface area contributed by atoms with Crippen molar-refractivity contribution in [1.82, 2.24) is 35.0 Å². The molecule has 0 bridgehead atoms. The van der Waals surface area contributed by atoms with Crippen molar-refractivity contribution >= 4 is 68.3 Å². The number of amides is 4. The van der Waals surface area contributed by atoms with Crippen molar-refractivity contribution < 1.29 is 47.6 Å². The zero-order valence-electron chi connectivity index (χ0n) is 46.4. The Kier molecular flexibility index (Phi) is 22.9. The number of ether oxygens (including phenoxy) is 6. The van der Waals surface area contributed by atoms with Gasteiger partial charge in [0.25, 0.3) is 5.91 Å². The Bertz CT molecular complexity index is 2820. The minimum atomic E-state index is -0.676. The molecule has 2 fully saturated rings. The van der Waals surface area contributed by atoms with E-state index in [-0.39, 0.29) is 48.6 Å². The lowest BCUT2D eigenvalue weighted by molar-refractivity contribution is -0.143. The van der Waals surface area contributed by atoms with Gasteiger partial charge in [-0.1, -0.05) is 50.6 Å². The third-order valence-electron chi connectivity index (χ3n) is 14.4. The van der Waals surface area contributed by atoms with Gasteiger partial charge in [0, 0.05) is 81.9 Å². The standard InChI is InChI=1S/C59H76BrN9O10S/c1-40(2)52(69-38-45-11-5-6-14-48(45)57(69)72)58(73)68-24-8-15-50(68)55(70)62-36-44-17-16-43(53-41(3)64-39-80-53)35-51(44)79-34-32-77-30-28-75-26-10-25-74-27-29-76-31-33-78-47-20-18-46(19-21-47)65-59-63-37-49(60)54(66-59)61-22-9-23-67(4)56(71)42-12-7-13-42/h5-6,11,14,16-21,35,37,39-40,42,50,52H,7-10,12-13,15,22-34,36,38H2,1-4H3,(H,62,70)(H2,61,63,65,66)/t50-,52?/m0/s1. The molecule has 4 amide bonds. The van der Waals surface area contributed by atoms with Crippen molar-refractivity contribution in [3.05, 3.63) is 105 Å².